The Bertz CT molecular complexity index is 76.7. The smallest absolute Gasteiger partial charge is 0.0795 e. The second kappa shape index (κ2) is 1.66. The zero-order chi connectivity index (χ0) is 6.08. The Morgan fingerprint density at radius 3 is 1.71 bits per heavy atom. The van der Waals surface area contributed by atoms with Gasteiger partial charge in [-0.3, -0.25) is 0 Å². The molecule has 0 aromatic rings. The van der Waals surface area contributed by atoms with Gasteiger partial charge in [0.1, 0.15) is 0 Å². The standard InChI is InChI=1S/C6H12O/c1-5(2)6(3,4)7/h7H,1H2,2-4H3. The normalized spacial score (nSPS) is 11.4. The minimum Gasteiger partial charge on any atom is -0.386 e. The predicted octanol–water partition coefficient (Wildman–Crippen LogP) is 1.33. The van der Waals surface area contributed by atoms with E-state index in [0.29, 0.717) is 0 Å². The van der Waals surface area contributed by atoms with Gasteiger partial charge in [0.25, 0.3) is 0 Å². The van der Waals surface area contributed by atoms with Crippen molar-refractivity contribution in [3.63, 3.8) is 0 Å². The summed E-state index contributed by atoms with van der Waals surface area (Å²) in [6.07, 6.45) is 0. The van der Waals surface area contributed by atoms with Gasteiger partial charge < -0.3 is 5.11 Å². The summed E-state index contributed by atoms with van der Waals surface area (Å²) >= 11 is 0. The van der Waals surface area contributed by atoms with Gasteiger partial charge in [-0.25, -0.2) is 0 Å². The molecule has 0 aliphatic heterocycles. The van der Waals surface area contributed by atoms with Gasteiger partial charge in [-0.1, -0.05) is 6.58 Å². The van der Waals surface area contributed by atoms with Crippen molar-refractivity contribution >= 4 is 0 Å². The lowest BCUT2D eigenvalue weighted by Gasteiger charge is -2.15. The summed E-state index contributed by atoms with van der Waals surface area (Å²) in [5.41, 5.74) is 0.104. The first kappa shape index (κ1) is 6.70. The van der Waals surface area contributed by atoms with E-state index in [-0.39, 0.29) is 0 Å². The van der Waals surface area contributed by atoms with Crippen LogP contribution in [0.5, 0.6) is 0 Å². The van der Waals surface area contributed by atoms with Crippen LogP contribution in [0.25, 0.3) is 0 Å². The first-order valence-electron chi connectivity index (χ1n) is 2.33. The number of rotatable bonds is 1. The van der Waals surface area contributed by atoms with Crippen LogP contribution in [0, 0.1) is 0 Å². The molecule has 0 atom stereocenters. The van der Waals surface area contributed by atoms with Gasteiger partial charge in [0.2, 0.25) is 0 Å². The molecule has 0 aromatic carbocycles. The minimum atomic E-state index is -0.694. The van der Waals surface area contributed by atoms with Gasteiger partial charge in [-0.2, -0.15) is 0 Å². The van der Waals surface area contributed by atoms with Crippen molar-refractivity contribution in [1.29, 1.82) is 0 Å². The summed E-state index contributed by atoms with van der Waals surface area (Å²) in [6.45, 7) is 8.82. The zero-order valence-corrected chi connectivity index (χ0v) is 5.15. The number of hydrogen-bond donors (Lipinski definition) is 1. The molecule has 0 aliphatic rings. The first-order valence-corrected chi connectivity index (χ1v) is 2.33. The average Bonchev–Trinajstić information content (AvgIpc) is 1.31. The number of hydrogen-bond acceptors (Lipinski definition) is 1. The van der Waals surface area contributed by atoms with Crippen LogP contribution >= 0.6 is 0 Å². The molecular formula is C6H12O. The SMILES string of the molecule is C=C(C)C(C)(C)O. The van der Waals surface area contributed by atoms with Crippen LogP contribution in [-0.4, -0.2) is 10.7 Å². The van der Waals surface area contributed by atoms with E-state index in [0.717, 1.165) is 5.57 Å². The van der Waals surface area contributed by atoms with Crippen LogP contribution < -0.4 is 0 Å². The highest BCUT2D eigenvalue weighted by molar-refractivity contribution is 5.03. The van der Waals surface area contributed by atoms with Crippen molar-refractivity contribution in [1.82, 2.24) is 0 Å². The maximum atomic E-state index is 9.00. The summed E-state index contributed by atoms with van der Waals surface area (Å²) < 4.78 is 0. The molecule has 1 N–H and O–H groups in total. The summed E-state index contributed by atoms with van der Waals surface area (Å²) in [6, 6.07) is 0. The van der Waals surface area contributed by atoms with Crippen molar-refractivity contribution in [3.05, 3.63) is 12.2 Å². The van der Waals surface area contributed by atoms with Crippen LogP contribution in [0.1, 0.15) is 20.8 Å². The Morgan fingerprint density at radius 1 is 1.57 bits per heavy atom. The van der Waals surface area contributed by atoms with Crippen molar-refractivity contribution in [2.75, 3.05) is 0 Å². The van der Waals surface area contributed by atoms with E-state index >= 15 is 0 Å². The second-order valence-electron chi connectivity index (χ2n) is 2.34. The number of aliphatic hydroxyl groups is 1. The van der Waals surface area contributed by atoms with Crippen LogP contribution in [0.4, 0.5) is 0 Å². The fourth-order valence-electron chi connectivity index (χ4n) is 0. The molecule has 0 aromatic heterocycles. The summed E-state index contributed by atoms with van der Waals surface area (Å²) in [5, 5.41) is 9.00. The van der Waals surface area contributed by atoms with Crippen LogP contribution in [-0.2, 0) is 0 Å². The molecule has 7 heavy (non-hydrogen) atoms. The van der Waals surface area contributed by atoms with Gasteiger partial charge in [0.05, 0.1) is 5.60 Å². The highest BCUT2D eigenvalue weighted by Gasteiger charge is 2.11. The molecule has 42 valence electrons. The third-order valence-corrected chi connectivity index (χ3v) is 1.04. The van der Waals surface area contributed by atoms with E-state index in [1.165, 1.54) is 0 Å². The molecule has 0 rings (SSSR count). The first-order chi connectivity index (χ1) is 2.94. The molecule has 0 fully saturated rings. The van der Waals surface area contributed by atoms with E-state index in [1.54, 1.807) is 20.8 Å². The lowest BCUT2D eigenvalue weighted by molar-refractivity contribution is 0.120. The second-order valence-corrected chi connectivity index (χ2v) is 2.34. The molecule has 1 heteroatoms. The molecular weight excluding hydrogens is 88.1 g/mol. The third-order valence-electron chi connectivity index (χ3n) is 1.04. The molecule has 0 heterocycles. The molecule has 0 radical (unpaired) electrons. The maximum Gasteiger partial charge on any atom is 0.0795 e. The Kier molecular flexibility index (Phi) is 1.59. The van der Waals surface area contributed by atoms with E-state index in [2.05, 4.69) is 6.58 Å². The highest BCUT2D eigenvalue weighted by Crippen LogP contribution is 2.10. The predicted molar refractivity (Wildman–Crippen MR) is 31.1 cm³/mol. The van der Waals surface area contributed by atoms with Gasteiger partial charge >= 0.3 is 0 Å². The molecule has 0 bridgehead atoms. The third kappa shape index (κ3) is 2.40. The lowest BCUT2D eigenvalue weighted by Crippen LogP contribution is -2.18. The Balaban J connectivity index is 3.79. The lowest BCUT2D eigenvalue weighted by atomic mass is 10.0. The van der Waals surface area contributed by atoms with Crippen molar-refractivity contribution in [3.8, 4) is 0 Å². The Labute approximate surface area is 44.7 Å². The minimum absolute atomic E-state index is 0.694. The Morgan fingerprint density at radius 2 is 1.71 bits per heavy atom. The van der Waals surface area contributed by atoms with Crippen LogP contribution in [0.3, 0.4) is 0 Å². The van der Waals surface area contributed by atoms with Crippen molar-refractivity contribution in [2.45, 2.75) is 26.4 Å². The highest BCUT2D eigenvalue weighted by atomic mass is 16.3. The largest absolute Gasteiger partial charge is 0.386 e. The quantitative estimate of drug-likeness (QED) is 0.493. The van der Waals surface area contributed by atoms with E-state index in [9.17, 15) is 0 Å². The average molecular weight is 100 g/mol. The topological polar surface area (TPSA) is 20.2 Å². The molecule has 1 nitrogen and oxygen atoms in total. The molecule has 0 aliphatic carbocycles. The fraction of sp³-hybridized carbons (Fsp3) is 0.667. The maximum absolute atomic E-state index is 9.00. The summed E-state index contributed by atoms with van der Waals surface area (Å²) in [4.78, 5) is 0. The van der Waals surface area contributed by atoms with Crippen LogP contribution in [0.15, 0.2) is 12.2 Å². The van der Waals surface area contributed by atoms with Gasteiger partial charge in [0.15, 0.2) is 0 Å². The summed E-state index contributed by atoms with van der Waals surface area (Å²) in [5.74, 6) is 0. The van der Waals surface area contributed by atoms with Gasteiger partial charge in [-0.15, -0.1) is 0 Å². The Hall–Kier alpha value is -0.300. The van der Waals surface area contributed by atoms with Gasteiger partial charge in [-0.05, 0) is 26.3 Å². The van der Waals surface area contributed by atoms with Crippen LogP contribution in [0.2, 0.25) is 0 Å². The molecule has 0 saturated carbocycles. The van der Waals surface area contributed by atoms with Gasteiger partial charge in [0, 0.05) is 0 Å². The van der Waals surface area contributed by atoms with E-state index in [4.69, 9.17) is 5.11 Å². The molecule has 0 spiro atoms. The zero-order valence-electron chi connectivity index (χ0n) is 5.15. The fourth-order valence-corrected chi connectivity index (χ4v) is 0. The monoisotopic (exact) mass is 100 g/mol. The van der Waals surface area contributed by atoms with Crippen molar-refractivity contribution in [2.24, 2.45) is 0 Å². The summed E-state index contributed by atoms with van der Waals surface area (Å²) in [7, 11) is 0. The van der Waals surface area contributed by atoms with E-state index < -0.39 is 5.60 Å². The molecule has 0 saturated heterocycles. The molecule has 0 amide bonds. The van der Waals surface area contributed by atoms with Crippen molar-refractivity contribution < 1.29 is 5.11 Å². The molecule has 0 unspecified atom stereocenters. The van der Waals surface area contributed by atoms with E-state index in [1.807, 2.05) is 0 Å².